The van der Waals surface area contributed by atoms with Crippen LogP contribution < -0.4 is 4.74 Å². The quantitative estimate of drug-likeness (QED) is 0.703. The number of aliphatic hydroxyl groups is 1. The van der Waals surface area contributed by atoms with E-state index in [9.17, 15) is 5.11 Å². The highest BCUT2D eigenvalue weighted by molar-refractivity contribution is 5.84. The Morgan fingerprint density at radius 1 is 1.10 bits per heavy atom. The molecule has 0 unspecified atom stereocenters. The second-order valence-electron chi connectivity index (χ2n) is 7.98. The summed E-state index contributed by atoms with van der Waals surface area (Å²) in [5.74, 6) is 1.93. The second-order valence-corrected chi connectivity index (χ2v) is 7.98. The first-order chi connectivity index (χ1) is 14.7. The summed E-state index contributed by atoms with van der Waals surface area (Å²) in [6.45, 7) is 2.89. The van der Waals surface area contributed by atoms with E-state index < -0.39 is 0 Å². The number of ether oxygens (including phenoxy) is 1. The van der Waals surface area contributed by atoms with Gasteiger partial charge in [-0.1, -0.05) is 35.5 Å². The number of rotatable bonds is 5. The molecule has 1 N–H and O–H groups in total. The van der Waals surface area contributed by atoms with Crippen molar-refractivity contribution in [2.75, 3.05) is 33.4 Å². The van der Waals surface area contributed by atoms with Crippen LogP contribution in [0.25, 0.3) is 17.0 Å². The third-order valence-electron chi connectivity index (χ3n) is 6.34. The molecule has 1 saturated heterocycles. The lowest BCUT2D eigenvalue weighted by Gasteiger charge is -2.39. The van der Waals surface area contributed by atoms with E-state index in [-0.39, 0.29) is 12.0 Å². The SMILES string of the molecule is COc1ccc(-c2noc(C3=CC4(CCN(CCO)CC4)c4ccccc43)n2)cc1. The van der Waals surface area contributed by atoms with E-state index >= 15 is 0 Å². The molecular formula is C24H25N3O3. The van der Waals surface area contributed by atoms with Crippen LogP contribution in [0.5, 0.6) is 5.75 Å². The fourth-order valence-electron chi connectivity index (χ4n) is 4.68. The molecule has 0 atom stereocenters. The first kappa shape index (κ1) is 19.0. The molecule has 0 radical (unpaired) electrons. The van der Waals surface area contributed by atoms with Gasteiger partial charge in [0.15, 0.2) is 0 Å². The van der Waals surface area contributed by atoms with Gasteiger partial charge in [-0.2, -0.15) is 4.98 Å². The molecule has 1 aliphatic heterocycles. The molecule has 2 heterocycles. The normalized spacial score (nSPS) is 17.7. The number of piperidine rings is 1. The van der Waals surface area contributed by atoms with Crippen molar-refractivity contribution in [1.82, 2.24) is 15.0 Å². The third-order valence-corrected chi connectivity index (χ3v) is 6.34. The summed E-state index contributed by atoms with van der Waals surface area (Å²) < 4.78 is 10.9. The molecule has 0 bridgehead atoms. The van der Waals surface area contributed by atoms with E-state index in [1.165, 1.54) is 11.1 Å². The highest BCUT2D eigenvalue weighted by atomic mass is 16.5. The van der Waals surface area contributed by atoms with Crippen molar-refractivity contribution in [2.45, 2.75) is 18.3 Å². The number of likely N-dealkylation sites (tertiary alicyclic amines) is 1. The summed E-state index contributed by atoms with van der Waals surface area (Å²) in [5.41, 5.74) is 4.43. The maximum Gasteiger partial charge on any atom is 0.258 e. The molecule has 1 spiro atoms. The highest BCUT2D eigenvalue weighted by Crippen LogP contribution is 2.48. The molecular weight excluding hydrogens is 378 g/mol. The minimum absolute atomic E-state index is 0.00731. The number of hydrogen-bond acceptors (Lipinski definition) is 6. The van der Waals surface area contributed by atoms with Crippen molar-refractivity contribution in [2.24, 2.45) is 0 Å². The molecule has 6 nitrogen and oxygen atoms in total. The topological polar surface area (TPSA) is 71.6 Å². The largest absolute Gasteiger partial charge is 0.497 e. The van der Waals surface area contributed by atoms with Crippen LogP contribution in [0, 0.1) is 0 Å². The van der Waals surface area contributed by atoms with Gasteiger partial charge in [0.05, 0.1) is 13.7 Å². The minimum atomic E-state index is -0.00731. The second kappa shape index (κ2) is 7.70. The molecule has 0 saturated carbocycles. The van der Waals surface area contributed by atoms with E-state index in [1.807, 2.05) is 24.3 Å². The van der Waals surface area contributed by atoms with Crippen molar-refractivity contribution in [3.8, 4) is 17.1 Å². The summed E-state index contributed by atoms with van der Waals surface area (Å²) in [4.78, 5) is 7.04. The van der Waals surface area contributed by atoms with E-state index in [2.05, 4.69) is 40.4 Å². The Labute approximate surface area is 175 Å². The maximum absolute atomic E-state index is 9.26. The van der Waals surface area contributed by atoms with Crippen LogP contribution in [-0.2, 0) is 5.41 Å². The average Bonchev–Trinajstić information content (AvgIpc) is 3.40. The van der Waals surface area contributed by atoms with Gasteiger partial charge in [0.2, 0.25) is 5.82 Å². The molecule has 3 aromatic rings. The van der Waals surface area contributed by atoms with Gasteiger partial charge in [-0.3, -0.25) is 0 Å². The monoisotopic (exact) mass is 403 g/mol. The van der Waals surface area contributed by atoms with E-state index in [4.69, 9.17) is 14.2 Å². The fraction of sp³-hybridized carbons (Fsp3) is 0.333. The number of aromatic nitrogens is 2. The maximum atomic E-state index is 9.26. The molecule has 1 fully saturated rings. The van der Waals surface area contributed by atoms with Crippen molar-refractivity contribution in [1.29, 1.82) is 0 Å². The Bertz CT molecular complexity index is 1060. The van der Waals surface area contributed by atoms with Crippen LogP contribution in [0.1, 0.15) is 29.9 Å². The first-order valence-electron chi connectivity index (χ1n) is 10.4. The lowest BCUT2D eigenvalue weighted by atomic mass is 9.74. The van der Waals surface area contributed by atoms with Crippen LogP contribution >= 0.6 is 0 Å². The number of methoxy groups -OCH3 is 1. The molecule has 5 rings (SSSR count). The summed E-state index contributed by atoms with van der Waals surface area (Å²) in [6, 6.07) is 16.2. The van der Waals surface area contributed by atoms with Gasteiger partial charge >= 0.3 is 0 Å². The molecule has 2 aliphatic rings. The van der Waals surface area contributed by atoms with Gasteiger partial charge < -0.3 is 19.3 Å². The number of β-amino-alcohol motifs (C(OH)–C–C–N with tert-alkyl or cyclic N) is 1. The van der Waals surface area contributed by atoms with Crippen molar-refractivity contribution in [3.63, 3.8) is 0 Å². The van der Waals surface area contributed by atoms with E-state index in [1.54, 1.807) is 7.11 Å². The number of hydrogen-bond donors (Lipinski definition) is 1. The molecule has 1 aliphatic carbocycles. The van der Waals surface area contributed by atoms with Crippen LogP contribution in [-0.4, -0.2) is 53.5 Å². The number of fused-ring (bicyclic) bond motifs is 2. The smallest absolute Gasteiger partial charge is 0.258 e. The fourth-order valence-corrected chi connectivity index (χ4v) is 4.68. The van der Waals surface area contributed by atoms with Crippen LogP contribution in [0.2, 0.25) is 0 Å². The molecule has 1 aromatic heterocycles. The number of allylic oxidation sites excluding steroid dienone is 1. The van der Waals surface area contributed by atoms with Crippen molar-refractivity contribution in [3.05, 3.63) is 71.6 Å². The van der Waals surface area contributed by atoms with Gasteiger partial charge in [0.1, 0.15) is 5.75 Å². The van der Waals surface area contributed by atoms with Crippen molar-refractivity contribution < 1.29 is 14.4 Å². The van der Waals surface area contributed by atoms with Crippen LogP contribution in [0.15, 0.2) is 59.1 Å². The highest BCUT2D eigenvalue weighted by Gasteiger charge is 2.41. The Kier molecular flexibility index (Phi) is 4.89. The van der Waals surface area contributed by atoms with Gasteiger partial charge in [-0.15, -0.1) is 0 Å². The predicted molar refractivity (Wildman–Crippen MR) is 114 cm³/mol. The number of nitrogens with zero attached hydrogens (tertiary/aromatic N) is 3. The number of aliphatic hydroxyl groups excluding tert-OH is 1. The molecule has 6 heteroatoms. The zero-order valence-corrected chi connectivity index (χ0v) is 17.0. The van der Waals surface area contributed by atoms with Crippen LogP contribution in [0.4, 0.5) is 0 Å². The van der Waals surface area contributed by atoms with E-state index in [0.29, 0.717) is 11.7 Å². The summed E-state index contributed by atoms with van der Waals surface area (Å²) in [7, 11) is 1.65. The van der Waals surface area contributed by atoms with E-state index in [0.717, 1.165) is 49.4 Å². The van der Waals surface area contributed by atoms with Gasteiger partial charge in [0, 0.05) is 23.1 Å². The molecule has 2 aromatic carbocycles. The first-order valence-corrected chi connectivity index (χ1v) is 10.4. The zero-order chi connectivity index (χ0) is 20.6. The average molecular weight is 403 g/mol. The Morgan fingerprint density at radius 3 is 2.60 bits per heavy atom. The lowest BCUT2D eigenvalue weighted by Crippen LogP contribution is -2.42. The third kappa shape index (κ3) is 3.22. The Hall–Kier alpha value is -2.96. The summed E-state index contributed by atoms with van der Waals surface area (Å²) >= 11 is 0. The van der Waals surface area contributed by atoms with Gasteiger partial charge in [0.25, 0.3) is 5.89 Å². The van der Waals surface area contributed by atoms with Gasteiger partial charge in [-0.25, -0.2) is 0 Å². The lowest BCUT2D eigenvalue weighted by molar-refractivity contribution is 0.147. The standard InChI is InChI=1S/C24H25N3O3/c1-29-18-8-6-17(7-9-18)22-25-23(30-26-22)20-16-24(21-5-3-2-4-19(20)21)10-12-27(13-11-24)14-15-28/h2-9,16,28H,10-15H2,1H3. The zero-order valence-electron chi connectivity index (χ0n) is 17.0. The molecule has 30 heavy (non-hydrogen) atoms. The van der Waals surface area contributed by atoms with Gasteiger partial charge in [-0.05, 0) is 61.3 Å². The summed E-state index contributed by atoms with van der Waals surface area (Å²) in [5, 5.41) is 13.5. The molecule has 0 amide bonds. The Balaban J connectivity index is 1.48. The minimum Gasteiger partial charge on any atom is -0.497 e. The predicted octanol–water partition coefficient (Wildman–Crippen LogP) is 3.52. The Morgan fingerprint density at radius 2 is 1.87 bits per heavy atom. The number of benzene rings is 2. The summed E-state index contributed by atoms with van der Waals surface area (Å²) in [6.07, 6.45) is 4.37. The van der Waals surface area contributed by atoms with Crippen molar-refractivity contribution >= 4 is 5.57 Å². The van der Waals surface area contributed by atoms with Crippen LogP contribution in [0.3, 0.4) is 0 Å². The molecule has 154 valence electrons.